The van der Waals surface area contributed by atoms with Crippen molar-refractivity contribution in [2.75, 3.05) is 17.8 Å². The van der Waals surface area contributed by atoms with Crippen LogP contribution in [0.1, 0.15) is 31.1 Å². The summed E-state index contributed by atoms with van der Waals surface area (Å²) in [6.45, 7) is 0.103. The Balaban J connectivity index is 1.57. The highest BCUT2D eigenvalue weighted by molar-refractivity contribution is 6.23. The number of nitrogens with two attached hydrogens (primary N) is 1. The van der Waals surface area contributed by atoms with Crippen LogP contribution in [0.4, 0.5) is 11.5 Å². The number of carbonyl (C=O) groups excluding carboxylic acids is 3. The van der Waals surface area contributed by atoms with Gasteiger partial charge in [0.1, 0.15) is 5.82 Å². The molecule has 0 bridgehead atoms. The lowest BCUT2D eigenvalue weighted by Gasteiger charge is -2.15. The number of rotatable bonds is 3. The van der Waals surface area contributed by atoms with E-state index in [1.54, 1.807) is 30.3 Å². The van der Waals surface area contributed by atoms with E-state index in [1.807, 2.05) is 0 Å². The van der Waals surface area contributed by atoms with Crippen molar-refractivity contribution in [2.45, 2.75) is 0 Å². The smallest absolute Gasteiger partial charge is 0.262 e. The first-order valence-corrected chi connectivity index (χ1v) is 9.15. The number of nitrogen functional groups attached to an aromatic ring is 1. The highest BCUT2D eigenvalue weighted by Gasteiger charge is 2.32. The molecule has 4 N–H and O–H groups in total. The van der Waals surface area contributed by atoms with Gasteiger partial charge in [0, 0.05) is 17.8 Å². The predicted molar refractivity (Wildman–Crippen MR) is 109 cm³/mol. The Bertz CT molecular complexity index is 1360. The molecule has 3 amide bonds. The molecule has 2 aliphatic rings. The van der Waals surface area contributed by atoms with E-state index in [0.29, 0.717) is 17.2 Å². The van der Waals surface area contributed by atoms with Gasteiger partial charge < -0.3 is 20.5 Å². The minimum absolute atomic E-state index is 0.0916. The van der Waals surface area contributed by atoms with Crippen molar-refractivity contribution in [2.24, 2.45) is 0 Å². The van der Waals surface area contributed by atoms with Crippen LogP contribution in [0, 0.1) is 0 Å². The average molecular weight is 418 g/mol. The van der Waals surface area contributed by atoms with E-state index < -0.39 is 23.3 Å². The van der Waals surface area contributed by atoms with Crippen LogP contribution in [0.15, 0.2) is 53.3 Å². The van der Waals surface area contributed by atoms with Gasteiger partial charge in [0.2, 0.25) is 6.79 Å². The molecule has 0 saturated carbocycles. The molecule has 10 nitrogen and oxygen atoms in total. The standard InChI is InChI=1S/C21H14N4O6/c22-18-17-12(20(28)24-21(17)29)8-16(26)25(18)13-4-2-1-3-11(13)19(27)23-10-5-6-14-15(7-10)31-9-30-14/h1-8H,9,22H2,(H,23,27)(H,24,28,29). The van der Waals surface area contributed by atoms with Crippen LogP contribution in [0.3, 0.4) is 0 Å². The SMILES string of the molecule is Nc1c2c(cc(=O)n1-c1ccccc1C(=O)Nc1ccc3c(c1)OCO3)C(=O)NC2=O. The van der Waals surface area contributed by atoms with Gasteiger partial charge in [-0.3, -0.25) is 29.1 Å². The first-order chi connectivity index (χ1) is 14.9. The predicted octanol–water partition coefficient (Wildman–Crippen LogP) is 1.28. The molecule has 0 spiro atoms. The molecule has 0 radical (unpaired) electrons. The van der Waals surface area contributed by atoms with E-state index in [9.17, 15) is 19.2 Å². The van der Waals surface area contributed by atoms with Gasteiger partial charge in [0.25, 0.3) is 23.3 Å². The lowest BCUT2D eigenvalue weighted by molar-refractivity contribution is 0.0879. The van der Waals surface area contributed by atoms with E-state index in [1.165, 1.54) is 12.1 Å². The summed E-state index contributed by atoms with van der Waals surface area (Å²) in [5.74, 6) is -1.06. The molecule has 5 rings (SSSR count). The number of anilines is 2. The molecule has 2 aromatic carbocycles. The Morgan fingerprint density at radius 3 is 2.61 bits per heavy atom. The first-order valence-electron chi connectivity index (χ1n) is 9.15. The third-order valence-electron chi connectivity index (χ3n) is 4.97. The van der Waals surface area contributed by atoms with Crippen LogP contribution in [0.25, 0.3) is 5.69 Å². The van der Waals surface area contributed by atoms with Crippen LogP contribution in [-0.4, -0.2) is 29.1 Å². The molecule has 3 heterocycles. The second-order valence-electron chi connectivity index (χ2n) is 6.81. The van der Waals surface area contributed by atoms with Crippen molar-refractivity contribution in [3.8, 4) is 17.2 Å². The summed E-state index contributed by atoms with van der Waals surface area (Å²) in [7, 11) is 0. The zero-order valence-electron chi connectivity index (χ0n) is 15.8. The quantitative estimate of drug-likeness (QED) is 0.544. The monoisotopic (exact) mass is 418 g/mol. The molecular weight excluding hydrogens is 404 g/mol. The number of nitrogens with zero attached hydrogens (tertiary/aromatic N) is 1. The molecule has 0 atom stereocenters. The molecule has 10 heteroatoms. The third-order valence-corrected chi connectivity index (χ3v) is 4.97. The fraction of sp³-hybridized carbons (Fsp3) is 0.0476. The number of amides is 3. The van der Waals surface area contributed by atoms with Gasteiger partial charge in [0.15, 0.2) is 11.5 Å². The van der Waals surface area contributed by atoms with Crippen LogP contribution in [0.2, 0.25) is 0 Å². The van der Waals surface area contributed by atoms with Crippen LogP contribution in [0.5, 0.6) is 11.5 Å². The molecular formula is C21H14N4O6. The maximum Gasteiger partial charge on any atom is 0.262 e. The first kappa shape index (κ1) is 18.4. The fourth-order valence-electron chi connectivity index (χ4n) is 3.56. The summed E-state index contributed by atoms with van der Waals surface area (Å²) in [6.07, 6.45) is 0. The van der Waals surface area contributed by atoms with Gasteiger partial charge >= 0.3 is 0 Å². The maximum atomic E-state index is 13.0. The minimum atomic E-state index is -0.700. The number of para-hydroxylation sites is 1. The summed E-state index contributed by atoms with van der Waals surface area (Å²) >= 11 is 0. The van der Waals surface area contributed by atoms with Crippen molar-refractivity contribution in [1.29, 1.82) is 0 Å². The summed E-state index contributed by atoms with van der Waals surface area (Å²) < 4.78 is 11.6. The van der Waals surface area contributed by atoms with Crippen molar-refractivity contribution < 1.29 is 23.9 Å². The van der Waals surface area contributed by atoms with E-state index in [2.05, 4.69) is 10.6 Å². The van der Waals surface area contributed by atoms with E-state index in [4.69, 9.17) is 15.2 Å². The number of aromatic nitrogens is 1. The fourth-order valence-corrected chi connectivity index (χ4v) is 3.56. The Labute approximate surface area is 174 Å². The van der Waals surface area contributed by atoms with Crippen LogP contribution >= 0.6 is 0 Å². The summed E-state index contributed by atoms with van der Waals surface area (Å²) in [4.78, 5) is 49.7. The highest BCUT2D eigenvalue weighted by atomic mass is 16.7. The normalized spacial score (nSPS) is 13.7. The minimum Gasteiger partial charge on any atom is -0.454 e. The molecule has 3 aromatic rings. The van der Waals surface area contributed by atoms with Gasteiger partial charge in [-0.1, -0.05) is 12.1 Å². The Morgan fingerprint density at radius 1 is 1.00 bits per heavy atom. The zero-order chi connectivity index (χ0) is 21.7. The van der Waals surface area contributed by atoms with Crippen LogP contribution < -0.4 is 31.4 Å². The maximum absolute atomic E-state index is 13.0. The number of pyridine rings is 1. The second kappa shape index (κ2) is 6.73. The number of carbonyl (C=O) groups is 3. The van der Waals surface area contributed by atoms with Crippen molar-refractivity contribution >= 4 is 29.2 Å². The van der Waals surface area contributed by atoms with Crippen molar-refractivity contribution in [1.82, 2.24) is 9.88 Å². The Hall–Kier alpha value is -4.60. The molecule has 154 valence electrons. The van der Waals surface area contributed by atoms with E-state index >= 15 is 0 Å². The molecule has 0 aliphatic carbocycles. The number of nitrogens with one attached hydrogen (secondary N) is 2. The average Bonchev–Trinajstić information content (AvgIpc) is 3.32. The second-order valence-corrected chi connectivity index (χ2v) is 6.81. The number of hydrogen-bond donors (Lipinski definition) is 3. The number of benzene rings is 2. The lowest BCUT2D eigenvalue weighted by atomic mass is 10.1. The third kappa shape index (κ3) is 2.89. The highest BCUT2D eigenvalue weighted by Crippen LogP contribution is 2.34. The zero-order valence-corrected chi connectivity index (χ0v) is 15.8. The lowest BCUT2D eigenvalue weighted by Crippen LogP contribution is -2.26. The Morgan fingerprint density at radius 2 is 1.77 bits per heavy atom. The summed E-state index contributed by atoms with van der Waals surface area (Å²) in [6, 6.07) is 12.3. The molecule has 1 aromatic heterocycles. The van der Waals surface area contributed by atoms with Gasteiger partial charge in [-0.25, -0.2) is 0 Å². The largest absolute Gasteiger partial charge is 0.454 e. The van der Waals surface area contributed by atoms with Gasteiger partial charge in [0.05, 0.1) is 22.4 Å². The number of imide groups is 1. The molecule has 0 saturated heterocycles. The topological polar surface area (TPSA) is 142 Å². The van der Waals surface area contributed by atoms with Gasteiger partial charge in [-0.2, -0.15) is 0 Å². The molecule has 31 heavy (non-hydrogen) atoms. The molecule has 0 fully saturated rings. The number of fused-ring (bicyclic) bond motifs is 2. The molecule has 0 unspecified atom stereocenters. The molecule has 2 aliphatic heterocycles. The van der Waals surface area contributed by atoms with Gasteiger partial charge in [-0.05, 0) is 24.3 Å². The summed E-state index contributed by atoms with van der Waals surface area (Å²) in [5, 5.41) is 4.85. The van der Waals surface area contributed by atoms with Gasteiger partial charge in [-0.15, -0.1) is 0 Å². The van der Waals surface area contributed by atoms with E-state index in [0.717, 1.165) is 10.6 Å². The number of ether oxygens (including phenoxy) is 2. The Kier molecular flexibility index (Phi) is 4.00. The van der Waals surface area contributed by atoms with Crippen LogP contribution in [-0.2, 0) is 0 Å². The van der Waals surface area contributed by atoms with E-state index in [-0.39, 0.29) is 35.0 Å². The van der Waals surface area contributed by atoms with Crippen molar-refractivity contribution in [3.05, 3.63) is 75.6 Å². The summed E-state index contributed by atoms with van der Waals surface area (Å²) in [5.41, 5.74) is 6.01. The van der Waals surface area contributed by atoms with Crippen molar-refractivity contribution in [3.63, 3.8) is 0 Å². The number of hydrogen-bond acceptors (Lipinski definition) is 7.